The molecule has 0 bridgehead atoms. The van der Waals surface area contributed by atoms with Crippen molar-refractivity contribution in [2.24, 2.45) is 5.14 Å². The van der Waals surface area contributed by atoms with Crippen LogP contribution in [0.25, 0.3) is 10.1 Å². The summed E-state index contributed by atoms with van der Waals surface area (Å²) < 4.78 is 24.3. The first-order chi connectivity index (χ1) is 8.04. The highest BCUT2D eigenvalue weighted by atomic mass is 32.2. The Labute approximate surface area is 105 Å². The largest absolute Gasteiger partial charge is 0.239 e. The first-order valence-electron chi connectivity index (χ1n) is 5.57. The second-order valence-electron chi connectivity index (χ2n) is 4.00. The van der Waals surface area contributed by atoms with Gasteiger partial charge in [0.25, 0.3) is 0 Å². The Hall–Kier alpha value is -0.910. The third-order valence-corrected chi connectivity index (χ3v) is 5.06. The number of hydrogen-bond acceptors (Lipinski definition) is 3. The number of nitrogens with two attached hydrogens (primary N) is 1. The zero-order valence-corrected chi connectivity index (χ0v) is 11.3. The van der Waals surface area contributed by atoms with E-state index in [2.05, 4.69) is 6.92 Å². The van der Waals surface area contributed by atoms with E-state index in [4.69, 9.17) is 5.14 Å². The zero-order valence-electron chi connectivity index (χ0n) is 9.64. The van der Waals surface area contributed by atoms with Gasteiger partial charge in [0.15, 0.2) is 0 Å². The van der Waals surface area contributed by atoms with Crippen LogP contribution in [0.4, 0.5) is 0 Å². The molecular weight excluding hydrogens is 254 g/mol. The van der Waals surface area contributed by atoms with Crippen molar-refractivity contribution in [1.82, 2.24) is 0 Å². The lowest BCUT2D eigenvalue weighted by Crippen LogP contribution is -2.13. The van der Waals surface area contributed by atoms with E-state index in [0.717, 1.165) is 34.2 Å². The smallest absolute Gasteiger partial charge is 0.225 e. The van der Waals surface area contributed by atoms with E-state index < -0.39 is 10.0 Å². The first kappa shape index (κ1) is 12.5. The Balaban J connectivity index is 2.66. The SMILES string of the molecule is CCCCc1sc2ccccc2c1S(N)(=O)=O. The molecule has 0 radical (unpaired) electrons. The number of hydrogen-bond donors (Lipinski definition) is 1. The third kappa shape index (κ3) is 2.51. The lowest BCUT2D eigenvalue weighted by Gasteiger charge is -2.01. The quantitative estimate of drug-likeness (QED) is 0.927. The van der Waals surface area contributed by atoms with E-state index in [0.29, 0.717) is 4.90 Å². The molecule has 0 saturated heterocycles. The molecule has 2 rings (SSSR count). The summed E-state index contributed by atoms with van der Waals surface area (Å²) in [6.45, 7) is 2.09. The van der Waals surface area contributed by atoms with Gasteiger partial charge in [-0.05, 0) is 18.9 Å². The number of primary sulfonamides is 1. The second kappa shape index (κ2) is 4.76. The summed E-state index contributed by atoms with van der Waals surface area (Å²) in [5.74, 6) is 0. The van der Waals surface area contributed by atoms with Crippen molar-refractivity contribution >= 4 is 31.4 Å². The molecule has 0 fully saturated rings. The average molecular weight is 269 g/mol. The second-order valence-corrected chi connectivity index (χ2v) is 6.63. The van der Waals surface area contributed by atoms with Gasteiger partial charge >= 0.3 is 0 Å². The molecule has 0 aliphatic carbocycles. The molecule has 5 heteroatoms. The van der Waals surface area contributed by atoms with E-state index >= 15 is 0 Å². The van der Waals surface area contributed by atoms with Crippen molar-refractivity contribution in [2.75, 3.05) is 0 Å². The molecule has 2 aromatic rings. The van der Waals surface area contributed by atoms with Crippen molar-refractivity contribution in [3.8, 4) is 0 Å². The number of sulfonamides is 1. The van der Waals surface area contributed by atoms with Crippen molar-refractivity contribution in [1.29, 1.82) is 0 Å². The summed E-state index contributed by atoms with van der Waals surface area (Å²) >= 11 is 1.53. The Morgan fingerprint density at radius 2 is 2.00 bits per heavy atom. The first-order valence-corrected chi connectivity index (χ1v) is 7.93. The predicted molar refractivity (Wildman–Crippen MR) is 71.8 cm³/mol. The van der Waals surface area contributed by atoms with Crippen molar-refractivity contribution in [3.63, 3.8) is 0 Å². The van der Waals surface area contributed by atoms with E-state index in [1.807, 2.05) is 24.3 Å². The van der Waals surface area contributed by atoms with Gasteiger partial charge in [-0.3, -0.25) is 0 Å². The van der Waals surface area contributed by atoms with Crippen molar-refractivity contribution < 1.29 is 8.42 Å². The number of fused-ring (bicyclic) bond motifs is 1. The van der Waals surface area contributed by atoms with Crippen LogP contribution in [0.2, 0.25) is 0 Å². The van der Waals surface area contributed by atoms with E-state index in [1.54, 1.807) is 0 Å². The van der Waals surface area contributed by atoms with Crippen LogP contribution in [-0.2, 0) is 16.4 Å². The monoisotopic (exact) mass is 269 g/mol. The summed E-state index contributed by atoms with van der Waals surface area (Å²) in [7, 11) is -3.64. The third-order valence-electron chi connectivity index (χ3n) is 2.66. The lowest BCUT2D eigenvalue weighted by atomic mass is 10.2. The van der Waals surface area contributed by atoms with Crippen LogP contribution in [-0.4, -0.2) is 8.42 Å². The van der Waals surface area contributed by atoms with Crippen LogP contribution in [0.3, 0.4) is 0 Å². The Morgan fingerprint density at radius 3 is 2.65 bits per heavy atom. The number of aryl methyl sites for hydroxylation is 1. The molecule has 0 atom stereocenters. The van der Waals surface area contributed by atoms with Crippen LogP contribution < -0.4 is 5.14 Å². The van der Waals surface area contributed by atoms with Crippen LogP contribution >= 0.6 is 11.3 Å². The molecule has 0 spiro atoms. The van der Waals surface area contributed by atoms with E-state index in [9.17, 15) is 8.42 Å². The Bertz CT molecular complexity index is 629. The minimum Gasteiger partial charge on any atom is -0.225 e. The molecule has 92 valence electrons. The van der Waals surface area contributed by atoms with Crippen LogP contribution in [0.15, 0.2) is 29.2 Å². The maximum Gasteiger partial charge on any atom is 0.239 e. The van der Waals surface area contributed by atoms with Gasteiger partial charge in [0, 0.05) is 15.0 Å². The van der Waals surface area contributed by atoms with Gasteiger partial charge in [-0.25, -0.2) is 13.6 Å². The zero-order chi connectivity index (χ0) is 12.5. The molecule has 0 aliphatic heterocycles. The highest BCUT2D eigenvalue weighted by molar-refractivity contribution is 7.89. The van der Waals surface area contributed by atoms with Gasteiger partial charge in [-0.2, -0.15) is 0 Å². The average Bonchev–Trinajstić information content (AvgIpc) is 2.63. The van der Waals surface area contributed by atoms with Crippen molar-refractivity contribution in [3.05, 3.63) is 29.1 Å². The minimum absolute atomic E-state index is 0.326. The fourth-order valence-electron chi connectivity index (χ4n) is 1.89. The minimum atomic E-state index is -3.64. The molecule has 1 heterocycles. The molecule has 17 heavy (non-hydrogen) atoms. The fourth-order valence-corrected chi connectivity index (χ4v) is 4.47. The van der Waals surface area contributed by atoms with Gasteiger partial charge in [0.2, 0.25) is 10.0 Å². The topological polar surface area (TPSA) is 60.2 Å². The molecule has 2 N–H and O–H groups in total. The fraction of sp³-hybridized carbons (Fsp3) is 0.333. The molecule has 1 aromatic carbocycles. The summed E-state index contributed by atoms with van der Waals surface area (Å²) in [4.78, 5) is 1.21. The molecule has 0 aliphatic rings. The lowest BCUT2D eigenvalue weighted by molar-refractivity contribution is 0.597. The molecule has 0 amide bonds. The van der Waals surface area contributed by atoms with Crippen LogP contribution in [0, 0.1) is 0 Å². The van der Waals surface area contributed by atoms with Gasteiger partial charge in [-0.1, -0.05) is 31.5 Å². The highest BCUT2D eigenvalue weighted by Crippen LogP contribution is 2.34. The number of unbranched alkanes of at least 4 members (excludes halogenated alkanes) is 1. The van der Waals surface area contributed by atoms with Crippen LogP contribution in [0.1, 0.15) is 24.6 Å². The van der Waals surface area contributed by atoms with Crippen LogP contribution in [0.5, 0.6) is 0 Å². The molecule has 0 saturated carbocycles. The molecular formula is C12H15NO2S2. The predicted octanol–water partition coefficient (Wildman–Crippen LogP) is 2.89. The maximum atomic E-state index is 11.7. The number of thiophene rings is 1. The summed E-state index contributed by atoms with van der Waals surface area (Å²) in [5, 5.41) is 6.07. The van der Waals surface area contributed by atoms with Gasteiger partial charge in [0.05, 0.1) is 0 Å². The van der Waals surface area contributed by atoms with Gasteiger partial charge in [-0.15, -0.1) is 11.3 Å². The molecule has 0 unspecified atom stereocenters. The summed E-state index contributed by atoms with van der Waals surface area (Å²) in [5.41, 5.74) is 0. The Kier molecular flexibility index (Phi) is 3.51. The van der Waals surface area contributed by atoms with Crippen molar-refractivity contribution in [2.45, 2.75) is 31.1 Å². The number of rotatable bonds is 4. The Morgan fingerprint density at radius 1 is 1.29 bits per heavy atom. The van der Waals surface area contributed by atoms with E-state index in [-0.39, 0.29) is 0 Å². The van der Waals surface area contributed by atoms with Gasteiger partial charge < -0.3 is 0 Å². The number of benzene rings is 1. The normalized spacial score (nSPS) is 12.1. The highest BCUT2D eigenvalue weighted by Gasteiger charge is 2.20. The standard InChI is InChI=1S/C12H15NO2S2/c1-2-3-7-11-12(17(13,14)15)9-6-4-5-8-10(9)16-11/h4-6,8H,2-3,7H2,1H3,(H2,13,14,15). The molecule has 1 aromatic heterocycles. The summed E-state index contributed by atoms with van der Waals surface area (Å²) in [6, 6.07) is 7.51. The summed E-state index contributed by atoms with van der Waals surface area (Å²) in [6.07, 6.45) is 2.80. The van der Waals surface area contributed by atoms with Gasteiger partial charge in [0.1, 0.15) is 4.90 Å². The van der Waals surface area contributed by atoms with E-state index in [1.165, 1.54) is 11.3 Å². The maximum absolute atomic E-state index is 11.7. The molecule has 3 nitrogen and oxygen atoms in total.